The van der Waals surface area contributed by atoms with Gasteiger partial charge in [-0.15, -0.1) is 0 Å². The molecule has 0 bridgehead atoms. The number of ether oxygens (including phenoxy) is 2. The van der Waals surface area contributed by atoms with Gasteiger partial charge in [-0.25, -0.2) is 0 Å². The zero-order chi connectivity index (χ0) is 24.2. The van der Waals surface area contributed by atoms with Crippen LogP contribution in [-0.4, -0.2) is 16.8 Å². The molecule has 0 saturated carbocycles. The fourth-order valence-corrected chi connectivity index (χ4v) is 5.04. The molecule has 0 aromatic heterocycles. The number of halogens is 2. The summed E-state index contributed by atoms with van der Waals surface area (Å²) in [4.78, 5) is 15.3. The number of amides is 1. The van der Waals surface area contributed by atoms with E-state index in [4.69, 9.17) is 44.9 Å². The van der Waals surface area contributed by atoms with E-state index in [9.17, 15) is 4.79 Å². The van der Waals surface area contributed by atoms with E-state index in [1.165, 1.54) is 11.8 Å². The highest BCUT2D eigenvalue weighted by atomic mass is 35.5. The molecule has 0 atom stereocenters. The first kappa shape index (κ1) is 24.6. The van der Waals surface area contributed by atoms with Gasteiger partial charge in [0.2, 0.25) is 0 Å². The van der Waals surface area contributed by atoms with Gasteiger partial charge < -0.3 is 9.47 Å². The number of benzene rings is 3. The standard InChI is InChI=1S/C26H21Cl2NO3S2/c1-3-31-23-13-17(9-11-22(23)32-15-18-8-10-19(27)20(28)12-18)14-24-25(30)29(26(33)34-24)21-7-5-4-6-16(21)2/h4-14H,3,15H2,1-2H3/b24-14+. The quantitative estimate of drug-likeness (QED) is 0.231. The second-order valence-electron chi connectivity index (χ2n) is 7.48. The Morgan fingerprint density at radius 2 is 1.79 bits per heavy atom. The maximum atomic E-state index is 13.1. The zero-order valence-corrected chi connectivity index (χ0v) is 21.7. The summed E-state index contributed by atoms with van der Waals surface area (Å²) < 4.78 is 12.3. The number of anilines is 1. The summed E-state index contributed by atoms with van der Waals surface area (Å²) in [6.07, 6.45) is 1.82. The maximum absolute atomic E-state index is 13.1. The van der Waals surface area contributed by atoms with Gasteiger partial charge in [0.25, 0.3) is 5.91 Å². The van der Waals surface area contributed by atoms with Gasteiger partial charge in [0, 0.05) is 0 Å². The van der Waals surface area contributed by atoms with Crippen LogP contribution in [0, 0.1) is 6.92 Å². The van der Waals surface area contributed by atoms with Crippen LogP contribution in [0.1, 0.15) is 23.6 Å². The minimum absolute atomic E-state index is 0.137. The summed E-state index contributed by atoms with van der Waals surface area (Å²) in [7, 11) is 0. The molecule has 1 fully saturated rings. The Hall–Kier alpha value is -2.51. The molecule has 0 N–H and O–H groups in total. The summed E-state index contributed by atoms with van der Waals surface area (Å²) in [5.74, 6) is 1.05. The number of thiocarbonyl (C=S) groups is 1. The van der Waals surface area contributed by atoms with Crippen molar-refractivity contribution >= 4 is 69.2 Å². The summed E-state index contributed by atoms with van der Waals surface area (Å²) in [5.41, 5.74) is 3.49. The van der Waals surface area contributed by atoms with Crippen molar-refractivity contribution in [1.82, 2.24) is 0 Å². The Balaban J connectivity index is 1.56. The number of aryl methyl sites for hydroxylation is 1. The van der Waals surface area contributed by atoms with Gasteiger partial charge in [-0.1, -0.05) is 77.5 Å². The Labute approximate surface area is 218 Å². The van der Waals surface area contributed by atoms with Crippen molar-refractivity contribution in [2.45, 2.75) is 20.5 Å². The molecule has 0 unspecified atom stereocenters. The van der Waals surface area contributed by atoms with Crippen LogP contribution in [0.5, 0.6) is 11.5 Å². The van der Waals surface area contributed by atoms with Gasteiger partial charge in [-0.05, 0) is 66.9 Å². The zero-order valence-electron chi connectivity index (χ0n) is 18.5. The highest BCUT2D eigenvalue weighted by Crippen LogP contribution is 2.38. The van der Waals surface area contributed by atoms with E-state index >= 15 is 0 Å². The van der Waals surface area contributed by atoms with Gasteiger partial charge >= 0.3 is 0 Å². The van der Waals surface area contributed by atoms with E-state index in [0.717, 1.165) is 22.4 Å². The molecule has 3 aromatic rings. The van der Waals surface area contributed by atoms with E-state index in [2.05, 4.69) is 0 Å². The monoisotopic (exact) mass is 529 g/mol. The van der Waals surface area contributed by atoms with Crippen molar-refractivity contribution in [1.29, 1.82) is 0 Å². The molecule has 0 aliphatic carbocycles. The molecule has 174 valence electrons. The summed E-state index contributed by atoms with van der Waals surface area (Å²) >= 11 is 18.9. The van der Waals surface area contributed by atoms with E-state index < -0.39 is 0 Å². The van der Waals surface area contributed by atoms with Crippen molar-refractivity contribution in [3.05, 3.63) is 92.3 Å². The number of rotatable bonds is 7. The Kier molecular flexibility index (Phi) is 7.84. The van der Waals surface area contributed by atoms with Gasteiger partial charge in [-0.3, -0.25) is 9.69 Å². The molecule has 4 nitrogen and oxygen atoms in total. The third-order valence-corrected chi connectivity index (χ3v) is 7.13. The van der Waals surface area contributed by atoms with Gasteiger partial charge in [0.15, 0.2) is 15.8 Å². The lowest BCUT2D eigenvalue weighted by atomic mass is 10.1. The van der Waals surface area contributed by atoms with Crippen molar-refractivity contribution in [3.8, 4) is 11.5 Å². The van der Waals surface area contributed by atoms with E-state index in [1.54, 1.807) is 17.0 Å². The van der Waals surface area contributed by atoms with E-state index in [1.807, 2.05) is 68.5 Å². The fourth-order valence-electron chi connectivity index (χ4n) is 3.43. The lowest BCUT2D eigenvalue weighted by molar-refractivity contribution is -0.113. The van der Waals surface area contributed by atoms with Crippen LogP contribution in [-0.2, 0) is 11.4 Å². The highest BCUT2D eigenvalue weighted by Gasteiger charge is 2.34. The third kappa shape index (κ3) is 5.41. The summed E-state index contributed by atoms with van der Waals surface area (Å²) in [6.45, 7) is 4.65. The van der Waals surface area contributed by atoms with Gasteiger partial charge in [-0.2, -0.15) is 0 Å². The van der Waals surface area contributed by atoms with Crippen LogP contribution in [0.25, 0.3) is 6.08 Å². The van der Waals surface area contributed by atoms with Crippen molar-refractivity contribution in [2.75, 3.05) is 11.5 Å². The number of hydrogen-bond acceptors (Lipinski definition) is 5. The smallest absolute Gasteiger partial charge is 0.270 e. The van der Waals surface area contributed by atoms with Crippen LogP contribution in [0.15, 0.2) is 65.6 Å². The molecule has 8 heteroatoms. The van der Waals surface area contributed by atoms with Crippen molar-refractivity contribution in [3.63, 3.8) is 0 Å². The molecule has 3 aromatic carbocycles. The Morgan fingerprint density at radius 1 is 1.00 bits per heavy atom. The van der Waals surface area contributed by atoms with Gasteiger partial charge in [0.05, 0.1) is 27.2 Å². The van der Waals surface area contributed by atoms with Crippen LogP contribution in [0.2, 0.25) is 10.0 Å². The third-order valence-electron chi connectivity index (χ3n) is 5.09. The topological polar surface area (TPSA) is 38.8 Å². The second-order valence-corrected chi connectivity index (χ2v) is 9.97. The molecular weight excluding hydrogens is 509 g/mol. The molecule has 0 spiro atoms. The lowest BCUT2D eigenvalue weighted by Gasteiger charge is -2.16. The maximum Gasteiger partial charge on any atom is 0.270 e. The molecule has 1 aliphatic heterocycles. The summed E-state index contributed by atoms with van der Waals surface area (Å²) in [6, 6.07) is 18.6. The number of carbonyl (C=O) groups excluding carboxylic acids is 1. The molecule has 1 amide bonds. The first-order chi connectivity index (χ1) is 16.4. The number of carbonyl (C=O) groups is 1. The van der Waals surface area contributed by atoms with Crippen LogP contribution >= 0.6 is 47.2 Å². The minimum atomic E-state index is -0.137. The van der Waals surface area contributed by atoms with Crippen LogP contribution < -0.4 is 14.4 Å². The summed E-state index contributed by atoms with van der Waals surface area (Å²) in [5, 5.41) is 0.976. The van der Waals surface area contributed by atoms with E-state index in [0.29, 0.717) is 44.0 Å². The molecule has 34 heavy (non-hydrogen) atoms. The molecule has 1 heterocycles. The number of nitrogens with zero attached hydrogens (tertiary/aromatic N) is 1. The number of para-hydroxylation sites is 1. The fraction of sp³-hybridized carbons (Fsp3) is 0.154. The number of thioether (sulfide) groups is 1. The van der Waals surface area contributed by atoms with Gasteiger partial charge in [0.1, 0.15) is 6.61 Å². The first-order valence-corrected chi connectivity index (χ1v) is 12.5. The largest absolute Gasteiger partial charge is 0.490 e. The average Bonchev–Trinajstić information content (AvgIpc) is 3.09. The molecular formula is C26H21Cl2NO3S2. The first-order valence-electron chi connectivity index (χ1n) is 10.5. The SMILES string of the molecule is CCOc1cc(/C=C2/SC(=S)N(c3ccccc3C)C2=O)ccc1OCc1ccc(Cl)c(Cl)c1. The number of hydrogen-bond donors (Lipinski definition) is 0. The second kappa shape index (κ2) is 10.8. The molecule has 1 saturated heterocycles. The molecule has 0 radical (unpaired) electrons. The van der Waals surface area contributed by atoms with Crippen LogP contribution in [0.4, 0.5) is 5.69 Å². The average molecular weight is 530 g/mol. The Morgan fingerprint density at radius 3 is 2.53 bits per heavy atom. The normalized spacial score (nSPS) is 14.7. The van der Waals surface area contributed by atoms with Crippen LogP contribution in [0.3, 0.4) is 0 Å². The predicted octanol–water partition coefficient (Wildman–Crippen LogP) is 7.69. The highest BCUT2D eigenvalue weighted by molar-refractivity contribution is 8.27. The lowest BCUT2D eigenvalue weighted by Crippen LogP contribution is -2.28. The predicted molar refractivity (Wildman–Crippen MR) is 145 cm³/mol. The van der Waals surface area contributed by atoms with E-state index in [-0.39, 0.29) is 5.91 Å². The minimum Gasteiger partial charge on any atom is -0.490 e. The van der Waals surface area contributed by atoms with Crippen molar-refractivity contribution < 1.29 is 14.3 Å². The molecule has 4 rings (SSSR count). The molecule has 1 aliphatic rings. The van der Waals surface area contributed by atoms with Crippen molar-refractivity contribution in [2.24, 2.45) is 0 Å². The Bertz CT molecular complexity index is 1290.